The number of nitrogens with two attached hydrogens (primary N) is 1. The van der Waals surface area contributed by atoms with Crippen LogP contribution in [0.3, 0.4) is 0 Å². The van der Waals surface area contributed by atoms with Gasteiger partial charge in [-0.1, -0.05) is 29.8 Å². The van der Waals surface area contributed by atoms with Crippen LogP contribution in [-0.2, 0) is 11.3 Å². The van der Waals surface area contributed by atoms with Crippen LogP contribution in [0, 0.1) is 12.7 Å². The molecule has 0 radical (unpaired) electrons. The van der Waals surface area contributed by atoms with Gasteiger partial charge in [0.2, 0.25) is 0 Å². The molecule has 8 heteroatoms. The molecular formula is C23H25ClFN3O3. The first-order chi connectivity index (χ1) is 14.8. The van der Waals surface area contributed by atoms with Gasteiger partial charge in [0.05, 0.1) is 24.6 Å². The summed E-state index contributed by atoms with van der Waals surface area (Å²) in [6.07, 6.45) is 2.92. The lowest BCUT2D eigenvalue weighted by Crippen LogP contribution is -2.24. The van der Waals surface area contributed by atoms with Crippen molar-refractivity contribution >= 4 is 17.6 Å². The Kier molecular flexibility index (Phi) is 7.65. The highest BCUT2D eigenvalue weighted by Gasteiger charge is 2.14. The van der Waals surface area contributed by atoms with E-state index in [-0.39, 0.29) is 17.5 Å². The van der Waals surface area contributed by atoms with Gasteiger partial charge < -0.3 is 20.1 Å². The highest BCUT2D eigenvalue weighted by Crippen LogP contribution is 2.27. The van der Waals surface area contributed by atoms with Crippen molar-refractivity contribution in [3.8, 4) is 17.1 Å². The van der Waals surface area contributed by atoms with Crippen LogP contribution < -0.4 is 10.5 Å². The number of carboxylic acids is 1. The summed E-state index contributed by atoms with van der Waals surface area (Å²) < 4.78 is 21.9. The van der Waals surface area contributed by atoms with E-state index in [2.05, 4.69) is 4.98 Å². The molecule has 164 valence electrons. The molecule has 6 nitrogen and oxygen atoms in total. The molecule has 3 N–H and O–H groups in total. The van der Waals surface area contributed by atoms with E-state index in [0.29, 0.717) is 37.4 Å². The van der Waals surface area contributed by atoms with Crippen molar-refractivity contribution in [2.45, 2.75) is 38.8 Å². The molecule has 0 amide bonds. The fraction of sp³-hybridized carbons (Fsp3) is 0.304. The molecule has 0 bridgehead atoms. The van der Waals surface area contributed by atoms with E-state index in [1.807, 2.05) is 35.8 Å². The Morgan fingerprint density at radius 2 is 2.10 bits per heavy atom. The van der Waals surface area contributed by atoms with Gasteiger partial charge in [-0.2, -0.15) is 0 Å². The van der Waals surface area contributed by atoms with Crippen molar-refractivity contribution in [3.63, 3.8) is 0 Å². The summed E-state index contributed by atoms with van der Waals surface area (Å²) >= 11 is 5.81. The van der Waals surface area contributed by atoms with Gasteiger partial charge in [0.15, 0.2) is 0 Å². The maximum atomic E-state index is 14.0. The third kappa shape index (κ3) is 6.06. The Labute approximate surface area is 185 Å². The predicted octanol–water partition coefficient (Wildman–Crippen LogP) is 4.66. The first-order valence-electron chi connectivity index (χ1n) is 10.0. The van der Waals surface area contributed by atoms with Crippen molar-refractivity contribution in [2.24, 2.45) is 5.73 Å². The van der Waals surface area contributed by atoms with E-state index in [4.69, 9.17) is 27.2 Å². The molecule has 0 aliphatic carbocycles. The first-order valence-corrected chi connectivity index (χ1v) is 10.4. The van der Waals surface area contributed by atoms with Crippen LogP contribution in [0.25, 0.3) is 11.4 Å². The summed E-state index contributed by atoms with van der Waals surface area (Å²) in [4.78, 5) is 15.2. The molecule has 1 atom stereocenters. The molecule has 0 saturated heterocycles. The van der Waals surface area contributed by atoms with Gasteiger partial charge in [-0.15, -0.1) is 0 Å². The van der Waals surface area contributed by atoms with E-state index in [1.54, 1.807) is 12.3 Å². The molecule has 0 spiro atoms. The number of hydrogen-bond acceptors (Lipinski definition) is 4. The fourth-order valence-electron chi connectivity index (χ4n) is 3.33. The molecule has 0 unspecified atom stereocenters. The lowest BCUT2D eigenvalue weighted by molar-refractivity contribution is -0.137. The van der Waals surface area contributed by atoms with Crippen LogP contribution in [0.15, 0.2) is 48.7 Å². The van der Waals surface area contributed by atoms with Crippen molar-refractivity contribution in [1.29, 1.82) is 0 Å². The van der Waals surface area contributed by atoms with Crippen molar-refractivity contribution in [3.05, 3.63) is 70.8 Å². The van der Waals surface area contributed by atoms with Crippen LogP contribution in [0.2, 0.25) is 5.02 Å². The Morgan fingerprint density at radius 1 is 1.32 bits per heavy atom. The number of aryl methyl sites for hydroxylation is 1. The molecule has 3 aromatic rings. The number of carbonyl (C=O) groups is 1. The Bertz CT molecular complexity index is 1050. The summed E-state index contributed by atoms with van der Waals surface area (Å²) in [6, 6.07) is 11.9. The van der Waals surface area contributed by atoms with Crippen LogP contribution in [0.4, 0.5) is 4.39 Å². The van der Waals surface area contributed by atoms with Crippen LogP contribution in [0.1, 0.15) is 30.5 Å². The van der Waals surface area contributed by atoms with E-state index in [1.165, 1.54) is 12.1 Å². The maximum Gasteiger partial charge on any atom is 0.304 e. The Hall–Kier alpha value is -2.90. The number of aliphatic carboxylic acids is 1. The fourth-order valence-corrected chi connectivity index (χ4v) is 3.44. The average molecular weight is 446 g/mol. The number of aromatic nitrogens is 2. The summed E-state index contributed by atoms with van der Waals surface area (Å²) in [6.45, 7) is 2.87. The van der Waals surface area contributed by atoms with E-state index in [9.17, 15) is 9.18 Å². The molecule has 0 fully saturated rings. The third-order valence-corrected chi connectivity index (χ3v) is 5.25. The largest absolute Gasteiger partial charge is 0.493 e. The second-order valence-electron chi connectivity index (χ2n) is 7.39. The summed E-state index contributed by atoms with van der Waals surface area (Å²) in [5, 5.41) is 8.86. The van der Waals surface area contributed by atoms with Gasteiger partial charge in [0, 0.05) is 29.1 Å². The minimum absolute atomic E-state index is 0.0510. The molecule has 1 heterocycles. The highest BCUT2D eigenvalue weighted by molar-refractivity contribution is 6.30. The molecule has 2 aromatic carbocycles. The molecular weight excluding hydrogens is 421 g/mol. The molecule has 0 saturated carbocycles. The molecule has 31 heavy (non-hydrogen) atoms. The van der Waals surface area contributed by atoms with Gasteiger partial charge in [-0.3, -0.25) is 4.79 Å². The lowest BCUT2D eigenvalue weighted by atomic mass is 10.1. The number of para-hydroxylation sites is 1. The smallest absolute Gasteiger partial charge is 0.304 e. The molecule has 1 aromatic heterocycles. The Balaban J connectivity index is 1.72. The quantitative estimate of drug-likeness (QED) is 0.443. The molecule has 0 aliphatic rings. The van der Waals surface area contributed by atoms with Gasteiger partial charge in [-0.05, 0) is 44.0 Å². The van der Waals surface area contributed by atoms with Crippen LogP contribution >= 0.6 is 11.6 Å². The molecule has 0 aliphatic heterocycles. The van der Waals surface area contributed by atoms with Crippen molar-refractivity contribution in [2.75, 3.05) is 6.61 Å². The topological polar surface area (TPSA) is 90.4 Å². The van der Waals surface area contributed by atoms with Gasteiger partial charge in [0.25, 0.3) is 0 Å². The second-order valence-corrected chi connectivity index (χ2v) is 7.80. The third-order valence-electron chi connectivity index (χ3n) is 4.95. The van der Waals surface area contributed by atoms with Gasteiger partial charge >= 0.3 is 5.97 Å². The zero-order chi connectivity index (χ0) is 22.4. The number of halogens is 2. The Morgan fingerprint density at radius 3 is 2.84 bits per heavy atom. The summed E-state index contributed by atoms with van der Waals surface area (Å²) in [7, 11) is 0. The average Bonchev–Trinajstić information content (AvgIpc) is 3.08. The van der Waals surface area contributed by atoms with Gasteiger partial charge in [-0.25, -0.2) is 9.37 Å². The monoisotopic (exact) mass is 445 g/mol. The molecule has 3 rings (SSSR count). The summed E-state index contributed by atoms with van der Waals surface area (Å²) in [5.74, 6) is -0.0137. The van der Waals surface area contributed by atoms with Gasteiger partial charge in [0.1, 0.15) is 17.4 Å². The van der Waals surface area contributed by atoms with Crippen LogP contribution in [-0.4, -0.2) is 33.3 Å². The normalized spacial score (nSPS) is 12.0. The highest BCUT2D eigenvalue weighted by atomic mass is 35.5. The second kappa shape index (κ2) is 10.4. The van der Waals surface area contributed by atoms with Crippen molar-refractivity contribution in [1.82, 2.24) is 9.55 Å². The minimum atomic E-state index is -0.897. The number of hydrogen-bond donors (Lipinski definition) is 2. The zero-order valence-electron chi connectivity index (χ0n) is 17.2. The SMILES string of the molecule is Cc1cnc(-c2ccc(Cl)c(F)c2)n1Cc1ccccc1OCCC[C@@H](N)CC(=O)O. The first kappa shape index (κ1) is 22.8. The number of imidazole rings is 1. The number of rotatable bonds is 10. The minimum Gasteiger partial charge on any atom is -0.493 e. The zero-order valence-corrected chi connectivity index (χ0v) is 18.0. The number of ether oxygens (including phenoxy) is 1. The number of nitrogens with zero attached hydrogens (tertiary/aromatic N) is 2. The van der Waals surface area contributed by atoms with E-state index >= 15 is 0 Å². The maximum absolute atomic E-state index is 14.0. The lowest BCUT2D eigenvalue weighted by Gasteiger charge is -2.15. The van der Waals surface area contributed by atoms with E-state index < -0.39 is 11.8 Å². The van der Waals surface area contributed by atoms with E-state index in [0.717, 1.165) is 17.0 Å². The van der Waals surface area contributed by atoms with Crippen molar-refractivity contribution < 1.29 is 19.0 Å². The summed E-state index contributed by atoms with van der Waals surface area (Å²) in [5.41, 5.74) is 8.32. The predicted molar refractivity (Wildman–Crippen MR) is 118 cm³/mol. The standard InChI is InChI=1S/C23H25ClFN3O3/c1-15-13-27-23(16-8-9-19(24)20(25)11-16)28(15)14-17-5-2-3-7-21(17)31-10-4-6-18(26)12-22(29)30/h2-3,5,7-9,11,13,18H,4,6,10,12,14,26H2,1H3,(H,29,30)/t18-/m1/s1. The number of benzene rings is 2. The number of carboxylic acid groups (broad SMARTS) is 1. The van der Waals surface area contributed by atoms with Crippen LogP contribution in [0.5, 0.6) is 5.75 Å².